The van der Waals surface area contributed by atoms with Crippen LogP contribution in [0.2, 0.25) is 0 Å². The number of sulfonamides is 1. The van der Waals surface area contributed by atoms with Crippen molar-refractivity contribution < 1.29 is 22.2 Å². The van der Waals surface area contributed by atoms with Crippen molar-refractivity contribution in [1.29, 1.82) is 0 Å². The second kappa shape index (κ2) is 6.92. The highest BCUT2D eigenvalue weighted by molar-refractivity contribution is 7.88. The zero-order valence-electron chi connectivity index (χ0n) is 13.9. The summed E-state index contributed by atoms with van der Waals surface area (Å²) in [6.07, 6.45) is 3.68. The Kier molecular flexibility index (Phi) is 4.86. The highest BCUT2D eigenvalue weighted by atomic mass is 32.2. The molecule has 1 fully saturated rings. The van der Waals surface area contributed by atoms with E-state index in [1.165, 1.54) is 17.0 Å². The minimum atomic E-state index is -3.16. The molecule has 2 aromatic rings. The first-order valence-corrected chi connectivity index (χ1v) is 9.65. The minimum absolute atomic E-state index is 0.0442. The predicted octanol–water partition coefficient (Wildman–Crippen LogP) is 0.435. The van der Waals surface area contributed by atoms with Gasteiger partial charge in [-0.2, -0.15) is 4.98 Å². The van der Waals surface area contributed by atoms with Crippen LogP contribution in [0, 0.1) is 6.92 Å². The largest absolute Gasteiger partial charge is 0.438 e. The molecule has 0 saturated carbocycles. The van der Waals surface area contributed by atoms with Gasteiger partial charge in [0.1, 0.15) is 0 Å². The lowest BCUT2D eigenvalue weighted by Crippen LogP contribution is -2.37. The van der Waals surface area contributed by atoms with Crippen LogP contribution >= 0.6 is 0 Å². The van der Waals surface area contributed by atoms with Crippen molar-refractivity contribution >= 4 is 15.9 Å². The van der Waals surface area contributed by atoms with Gasteiger partial charge < -0.3 is 14.3 Å². The van der Waals surface area contributed by atoms with Crippen LogP contribution in [0.15, 0.2) is 15.3 Å². The third kappa shape index (κ3) is 4.04. The lowest BCUT2D eigenvalue weighted by Gasteiger charge is -2.28. The monoisotopic (exact) mass is 369 g/mol. The zero-order valence-corrected chi connectivity index (χ0v) is 14.7. The molecule has 0 radical (unpaired) electrons. The number of carbonyl (C=O) groups is 1. The zero-order chi connectivity index (χ0) is 18.0. The number of hydrogen-bond donors (Lipinski definition) is 1. The van der Waals surface area contributed by atoms with Gasteiger partial charge in [-0.1, -0.05) is 5.16 Å². The average molecular weight is 369 g/mol. The summed E-state index contributed by atoms with van der Waals surface area (Å²) < 4.78 is 34.7. The van der Waals surface area contributed by atoms with Crippen molar-refractivity contribution in [2.45, 2.75) is 32.2 Å². The van der Waals surface area contributed by atoms with Gasteiger partial charge in [-0.3, -0.25) is 4.79 Å². The first-order chi connectivity index (χ1) is 11.8. The maximum Gasteiger partial charge on any atom is 0.289 e. The van der Waals surface area contributed by atoms with Gasteiger partial charge in [-0.05, 0) is 19.8 Å². The second-order valence-electron chi connectivity index (χ2n) is 5.93. The van der Waals surface area contributed by atoms with Gasteiger partial charge in [0.15, 0.2) is 12.2 Å². The summed E-state index contributed by atoms with van der Waals surface area (Å²) in [5.41, 5.74) is 0.501. The maximum absolute atomic E-state index is 11.9. The number of piperidine rings is 1. The Hall–Kier alpha value is -2.27. The third-order valence-electron chi connectivity index (χ3n) is 4.12. The second-order valence-corrected chi connectivity index (χ2v) is 7.91. The summed E-state index contributed by atoms with van der Waals surface area (Å²) in [5.74, 6) is 0.603. The van der Waals surface area contributed by atoms with Crippen LogP contribution in [-0.4, -0.2) is 53.1 Å². The fourth-order valence-electron chi connectivity index (χ4n) is 2.71. The molecule has 136 valence electrons. The van der Waals surface area contributed by atoms with Crippen LogP contribution in [0.4, 0.5) is 0 Å². The third-order valence-corrected chi connectivity index (χ3v) is 5.43. The molecule has 1 saturated heterocycles. The Morgan fingerprint density at radius 2 is 2.12 bits per heavy atom. The van der Waals surface area contributed by atoms with Crippen molar-refractivity contribution in [2.24, 2.45) is 0 Å². The van der Waals surface area contributed by atoms with Crippen LogP contribution in [0.3, 0.4) is 0 Å². The van der Waals surface area contributed by atoms with E-state index in [4.69, 9.17) is 8.94 Å². The number of aryl methyl sites for hydroxylation is 1. The Balaban J connectivity index is 1.55. The molecule has 0 aromatic carbocycles. The molecule has 0 spiro atoms. The van der Waals surface area contributed by atoms with E-state index in [0.29, 0.717) is 37.4 Å². The Labute approximate surface area is 144 Å². The van der Waals surface area contributed by atoms with Crippen molar-refractivity contribution in [2.75, 3.05) is 19.3 Å². The average Bonchev–Trinajstić information content (AvgIpc) is 3.21. The van der Waals surface area contributed by atoms with Crippen LogP contribution in [0.25, 0.3) is 0 Å². The molecule has 3 heterocycles. The van der Waals surface area contributed by atoms with Gasteiger partial charge in [0.2, 0.25) is 21.7 Å². The van der Waals surface area contributed by atoms with Gasteiger partial charge in [-0.15, -0.1) is 0 Å². The maximum atomic E-state index is 11.9. The van der Waals surface area contributed by atoms with Gasteiger partial charge in [-0.25, -0.2) is 17.7 Å². The molecule has 0 unspecified atom stereocenters. The minimum Gasteiger partial charge on any atom is -0.438 e. The van der Waals surface area contributed by atoms with Gasteiger partial charge in [0.05, 0.1) is 18.5 Å². The lowest BCUT2D eigenvalue weighted by atomic mass is 9.98. The molecule has 25 heavy (non-hydrogen) atoms. The molecular weight excluding hydrogens is 350 g/mol. The number of nitrogens with one attached hydrogen (secondary N) is 1. The van der Waals surface area contributed by atoms with E-state index in [9.17, 15) is 13.2 Å². The van der Waals surface area contributed by atoms with E-state index in [0.717, 1.165) is 0 Å². The normalized spacial score (nSPS) is 16.9. The molecule has 0 bridgehead atoms. The van der Waals surface area contributed by atoms with Crippen LogP contribution < -0.4 is 5.32 Å². The number of oxazole rings is 1. The molecule has 0 atom stereocenters. The quantitative estimate of drug-likeness (QED) is 0.803. The highest BCUT2D eigenvalue weighted by Crippen LogP contribution is 2.26. The van der Waals surface area contributed by atoms with E-state index in [-0.39, 0.29) is 24.1 Å². The van der Waals surface area contributed by atoms with Gasteiger partial charge in [0.25, 0.3) is 5.91 Å². The van der Waals surface area contributed by atoms with Crippen molar-refractivity contribution in [3.05, 3.63) is 29.6 Å². The molecule has 1 N–H and O–H groups in total. The van der Waals surface area contributed by atoms with Crippen LogP contribution in [0.1, 0.15) is 46.7 Å². The molecule has 1 amide bonds. The smallest absolute Gasteiger partial charge is 0.289 e. The molecule has 11 heteroatoms. The molecular formula is C14H19N5O5S. The molecule has 1 aliphatic rings. The Morgan fingerprint density at radius 3 is 2.72 bits per heavy atom. The number of hydrogen-bond acceptors (Lipinski definition) is 8. The lowest BCUT2D eigenvalue weighted by molar-refractivity contribution is 0.0917. The van der Waals surface area contributed by atoms with Crippen LogP contribution in [0.5, 0.6) is 0 Å². The molecule has 3 rings (SSSR count). The van der Waals surface area contributed by atoms with E-state index >= 15 is 0 Å². The number of aromatic nitrogens is 3. The summed E-state index contributed by atoms with van der Waals surface area (Å²) in [7, 11) is -3.16. The first-order valence-electron chi connectivity index (χ1n) is 7.80. The van der Waals surface area contributed by atoms with E-state index in [1.54, 1.807) is 6.92 Å². The Morgan fingerprint density at radius 1 is 1.40 bits per heavy atom. The Bertz CT molecular complexity index is 851. The van der Waals surface area contributed by atoms with Crippen molar-refractivity contribution in [3.63, 3.8) is 0 Å². The highest BCUT2D eigenvalue weighted by Gasteiger charge is 2.28. The van der Waals surface area contributed by atoms with Gasteiger partial charge in [0, 0.05) is 19.0 Å². The summed E-state index contributed by atoms with van der Waals surface area (Å²) in [6.45, 7) is 2.63. The predicted molar refractivity (Wildman–Crippen MR) is 85.1 cm³/mol. The summed E-state index contributed by atoms with van der Waals surface area (Å²) in [4.78, 5) is 20.1. The van der Waals surface area contributed by atoms with E-state index < -0.39 is 15.9 Å². The van der Waals surface area contributed by atoms with E-state index in [2.05, 4.69) is 20.4 Å². The first kappa shape index (κ1) is 17.5. The molecule has 1 aliphatic heterocycles. The molecule has 0 aliphatic carbocycles. The summed E-state index contributed by atoms with van der Waals surface area (Å²) in [5, 5.41) is 6.57. The summed E-state index contributed by atoms with van der Waals surface area (Å²) >= 11 is 0. The number of rotatable bonds is 5. The number of carbonyl (C=O) groups excluding carboxylic acids is 1. The fourth-order valence-corrected chi connectivity index (χ4v) is 3.58. The van der Waals surface area contributed by atoms with Gasteiger partial charge >= 0.3 is 0 Å². The standard InChI is InChI=1S/C14H19N5O5S/c1-9-12(23-8-16-9)14(20)15-7-11-17-13(18-24-11)10-3-5-19(6-4-10)25(2,21)22/h8,10H,3-7H2,1-2H3,(H,15,20). The summed E-state index contributed by atoms with van der Waals surface area (Å²) in [6, 6.07) is 0. The number of amides is 1. The van der Waals surface area contributed by atoms with Crippen molar-refractivity contribution in [3.8, 4) is 0 Å². The van der Waals surface area contributed by atoms with Crippen molar-refractivity contribution in [1.82, 2.24) is 24.7 Å². The fraction of sp³-hybridized carbons (Fsp3) is 0.571. The SMILES string of the molecule is Cc1ncoc1C(=O)NCc1nc(C2CCN(S(C)(=O)=O)CC2)no1. The molecule has 10 nitrogen and oxygen atoms in total. The number of nitrogens with zero attached hydrogens (tertiary/aromatic N) is 4. The topological polar surface area (TPSA) is 131 Å². The molecule has 2 aromatic heterocycles. The van der Waals surface area contributed by atoms with Crippen LogP contribution in [-0.2, 0) is 16.6 Å². The van der Waals surface area contributed by atoms with E-state index in [1.807, 2.05) is 0 Å².